The SMILES string of the molecule is C[C@H](NP(=O)(Oc1ccccc1)Oc1ccccc1C(F)(F)F)C(=O)OCc1ccccc1. The second kappa shape index (κ2) is 10.6. The van der Waals surface area contributed by atoms with E-state index < -0.39 is 37.2 Å². The first kappa shape index (κ1) is 24.4. The molecule has 33 heavy (non-hydrogen) atoms. The van der Waals surface area contributed by atoms with Gasteiger partial charge in [0.15, 0.2) is 0 Å². The van der Waals surface area contributed by atoms with E-state index in [9.17, 15) is 22.5 Å². The van der Waals surface area contributed by atoms with Crippen LogP contribution >= 0.6 is 7.75 Å². The fourth-order valence-electron chi connectivity index (χ4n) is 2.74. The Morgan fingerprint density at radius 3 is 2.12 bits per heavy atom. The minimum Gasteiger partial charge on any atom is -0.460 e. The Labute approximate surface area is 188 Å². The lowest BCUT2D eigenvalue weighted by atomic mass is 10.2. The molecule has 6 nitrogen and oxygen atoms in total. The molecule has 10 heteroatoms. The van der Waals surface area contributed by atoms with Crippen LogP contribution in [0.2, 0.25) is 0 Å². The van der Waals surface area contributed by atoms with Gasteiger partial charge in [-0.25, -0.2) is 4.57 Å². The second-order valence-corrected chi connectivity index (χ2v) is 8.55. The van der Waals surface area contributed by atoms with Crippen molar-refractivity contribution < 1.29 is 36.3 Å². The Balaban J connectivity index is 1.80. The largest absolute Gasteiger partial charge is 0.513 e. The molecule has 0 amide bonds. The predicted molar refractivity (Wildman–Crippen MR) is 116 cm³/mol. The van der Waals surface area contributed by atoms with Gasteiger partial charge in [0.1, 0.15) is 24.1 Å². The lowest BCUT2D eigenvalue weighted by Crippen LogP contribution is -2.35. The summed E-state index contributed by atoms with van der Waals surface area (Å²) in [6.07, 6.45) is -4.76. The third-order valence-corrected chi connectivity index (χ3v) is 5.90. The molecular weight excluding hydrogens is 458 g/mol. The quantitative estimate of drug-likeness (QED) is 0.300. The molecule has 0 aromatic heterocycles. The van der Waals surface area contributed by atoms with Crippen LogP contribution < -0.4 is 14.1 Å². The highest BCUT2D eigenvalue weighted by molar-refractivity contribution is 7.52. The zero-order valence-electron chi connectivity index (χ0n) is 17.5. The molecule has 0 aliphatic carbocycles. The van der Waals surface area contributed by atoms with Crippen LogP contribution in [0.5, 0.6) is 11.5 Å². The molecule has 0 radical (unpaired) electrons. The number of carbonyl (C=O) groups excluding carboxylic acids is 1. The number of hydrogen-bond acceptors (Lipinski definition) is 5. The van der Waals surface area contributed by atoms with Crippen molar-refractivity contribution in [3.63, 3.8) is 0 Å². The summed E-state index contributed by atoms with van der Waals surface area (Å²) in [5, 5.41) is 2.37. The lowest BCUT2D eigenvalue weighted by Gasteiger charge is -2.24. The highest BCUT2D eigenvalue weighted by Crippen LogP contribution is 2.48. The summed E-state index contributed by atoms with van der Waals surface area (Å²) < 4.78 is 69.5. The Kier molecular flexibility index (Phi) is 7.79. The first-order valence-electron chi connectivity index (χ1n) is 9.85. The molecule has 0 saturated heterocycles. The van der Waals surface area contributed by atoms with Crippen LogP contribution in [0.25, 0.3) is 0 Å². The summed E-state index contributed by atoms with van der Waals surface area (Å²) in [6, 6.07) is 19.7. The van der Waals surface area contributed by atoms with Gasteiger partial charge in [0.2, 0.25) is 0 Å². The number of carbonyl (C=O) groups is 1. The van der Waals surface area contributed by atoms with E-state index in [0.29, 0.717) is 0 Å². The Morgan fingerprint density at radius 1 is 0.909 bits per heavy atom. The van der Waals surface area contributed by atoms with Crippen molar-refractivity contribution in [2.75, 3.05) is 0 Å². The van der Waals surface area contributed by atoms with E-state index in [2.05, 4.69) is 5.09 Å². The van der Waals surface area contributed by atoms with Crippen molar-refractivity contribution in [3.05, 3.63) is 96.1 Å². The van der Waals surface area contributed by atoms with Crippen molar-refractivity contribution in [2.24, 2.45) is 0 Å². The number of hydrogen-bond donors (Lipinski definition) is 1. The molecule has 1 N–H and O–H groups in total. The first-order valence-corrected chi connectivity index (χ1v) is 11.4. The van der Waals surface area contributed by atoms with Crippen molar-refractivity contribution in [3.8, 4) is 11.5 Å². The summed E-state index contributed by atoms with van der Waals surface area (Å²) in [5.74, 6) is -1.42. The fourth-order valence-corrected chi connectivity index (χ4v) is 4.28. The highest BCUT2D eigenvalue weighted by Gasteiger charge is 2.39. The molecule has 3 aromatic carbocycles. The van der Waals surface area contributed by atoms with Gasteiger partial charge in [-0.1, -0.05) is 60.7 Å². The summed E-state index contributed by atoms with van der Waals surface area (Å²) in [4.78, 5) is 12.4. The summed E-state index contributed by atoms with van der Waals surface area (Å²) in [6.45, 7) is 1.31. The summed E-state index contributed by atoms with van der Waals surface area (Å²) in [7, 11) is -4.52. The third-order valence-electron chi connectivity index (χ3n) is 4.31. The molecule has 0 aliphatic heterocycles. The van der Waals surface area contributed by atoms with Gasteiger partial charge in [0, 0.05) is 0 Å². The average Bonchev–Trinajstić information content (AvgIpc) is 2.78. The number of esters is 1. The number of alkyl halides is 3. The normalized spacial score (nSPS) is 14.1. The van der Waals surface area contributed by atoms with Crippen LogP contribution in [0.4, 0.5) is 13.2 Å². The molecule has 3 aromatic rings. The number of para-hydroxylation sites is 2. The topological polar surface area (TPSA) is 73.9 Å². The van der Waals surface area contributed by atoms with Crippen LogP contribution in [0.15, 0.2) is 84.9 Å². The van der Waals surface area contributed by atoms with Crippen LogP contribution in [0.3, 0.4) is 0 Å². The molecule has 0 bridgehead atoms. The van der Waals surface area contributed by atoms with E-state index in [4.69, 9.17) is 13.8 Å². The van der Waals surface area contributed by atoms with E-state index in [1.807, 2.05) is 6.07 Å². The smallest absolute Gasteiger partial charge is 0.460 e. The van der Waals surface area contributed by atoms with Gasteiger partial charge in [-0.15, -0.1) is 0 Å². The Bertz CT molecular complexity index is 1110. The molecule has 0 saturated carbocycles. The van der Waals surface area contributed by atoms with Crippen molar-refractivity contribution in [1.29, 1.82) is 0 Å². The number of ether oxygens (including phenoxy) is 1. The highest BCUT2D eigenvalue weighted by atomic mass is 31.2. The van der Waals surface area contributed by atoms with E-state index >= 15 is 0 Å². The Hall–Kier alpha value is -3.29. The minimum atomic E-state index is -4.76. The van der Waals surface area contributed by atoms with Gasteiger partial charge in [-0.05, 0) is 36.8 Å². The van der Waals surface area contributed by atoms with Crippen LogP contribution in [0, 0.1) is 0 Å². The molecule has 2 atom stereocenters. The maximum atomic E-state index is 13.5. The molecule has 0 heterocycles. The van der Waals surface area contributed by atoms with E-state index in [1.165, 1.54) is 31.2 Å². The molecule has 174 valence electrons. The van der Waals surface area contributed by atoms with E-state index in [-0.39, 0.29) is 12.4 Å². The zero-order chi connectivity index (χ0) is 23.9. The summed E-state index contributed by atoms with van der Waals surface area (Å²) in [5.41, 5.74) is -0.403. The predicted octanol–water partition coefficient (Wildman–Crippen LogP) is 5.99. The van der Waals surface area contributed by atoms with Crippen molar-refractivity contribution in [1.82, 2.24) is 5.09 Å². The molecule has 1 unspecified atom stereocenters. The minimum absolute atomic E-state index is 0.0344. The van der Waals surface area contributed by atoms with Gasteiger partial charge >= 0.3 is 19.9 Å². The third kappa shape index (κ3) is 7.10. The van der Waals surface area contributed by atoms with Gasteiger partial charge < -0.3 is 13.8 Å². The van der Waals surface area contributed by atoms with Gasteiger partial charge in [0.05, 0.1) is 5.56 Å². The lowest BCUT2D eigenvalue weighted by molar-refractivity contribution is -0.146. The molecular formula is C23H21F3NO5P. The monoisotopic (exact) mass is 479 g/mol. The maximum absolute atomic E-state index is 13.5. The standard InChI is InChI=1S/C23H21F3NO5P/c1-17(22(28)30-16-18-10-4-2-5-11-18)27-33(29,31-19-12-6-3-7-13-19)32-21-15-9-8-14-20(21)23(24,25)26/h2-15,17H,16H2,1H3,(H,27,29)/t17-,33?/m0/s1. The van der Waals surface area contributed by atoms with Crippen molar-refractivity contribution in [2.45, 2.75) is 25.7 Å². The van der Waals surface area contributed by atoms with Gasteiger partial charge in [-0.3, -0.25) is 4.79 Å². The number of benzene rings is 3. The second-order valence-electron chi connectivity index (χ2n) is 6.93. The number of rotatable bonds is 9. The zero-order valence-corrected chi connectivity index (χ0v) is 18.4. The number of nitrogens with one attached hydrogen (secondary N) is 1. The molecule has 0 aliphatic rings. The number of halogens is 3. The molecule has 0 fully saturated rings. The maximum Gasteiger partial charge on any atom is 0.513 e. The van der Waals surface area contributed by atoms with Crippen LogP contribution in [-0.4, -0.2) is 12.0 Å². The molecule has 0 spiro atoms. The Morgan fingerprint density at radius 2 is 1.48 bits per heavy atom. The van der Waals surface area contributed by atoms with Crippen LogP contribution in [0.1, 0.15) is 18.1 Å². The van der Waals surface area contributed by atoms with Crippen molar-refractivity contribution >= 4 is 13.7 Å². The molecule has 3 rings (SSSR count). The van der Waals surface area contributed by atoms with Gasteiger partial charge in [0.25, 0.3) is 0 Å². The fraction of sp³-hybridized carbons (Fsp3) is 0.174. The van der Waals surface area contributed by atoms with Crippen LogP contribution in [-0.2, 0) is 26.9 Å². The van der Waals surface area contributed by atoms with Gasteiger partial charge in [-0.2, -0.15) is 18.3 Å². The summed E-state index contributed by atoms with van der Waals surface area (Å²) >= 11 is 0. The van der Waals surface area contributed by atoms with E-state index in [0.717, 1.165) is 17.7 Å². The average molecular weight is 479 g/mol. The van der Waals surface area contributed by atoms with E-state index in [1.54, 1.807) is 42.5 Å². The first-order chi connectivity index (χ1) is 15.7.